The van der Waals surface area contributed by atoms with E-state index in [9.17, 15) is 14.4 Å². The van der Waals surface area contributed by atoms with Gasteiger partial charge in [-0.05, 0) is 59.7 Å². The minimum atomic E-state index is -0.141. The maximum atomic E-state index is 13.2. The molecule has 228 valence electrons. The van der Waals surface area contributed by atoms with Gasteiger partial charge >= 0.3 is 0 Å². The Kier molecular flexibility index (Phi) is 7.86. The number of nitrogens with one attached hydrogen (secondary N) is 6. The lowest BCUT2D eigenvalue weighted by Gasteiger charge is -2.28. The molecule has 2 aromatic rings. The van der Waals surface area contributed by atoms with Gasteiger partial charge in [-0.1, -0.05) is 42.5 Å². The average Bonchev–Trinajstić information content (AvgIpc) is 3.84. The molecular weight excluding hydrogens is 558 g/mol. The van der Waals surface area contributed by atoms with Gasteiger partial charge in [0.05, 0.1) is 30.9 Å². The number of nitrogens with zero attached hydrogens (tertiary/aromatic N) is 3. The molecule has 12 nitrogen and oxygen atoms in total. The molecule has 0 bridgehead atoms. The SMILES string of the molecule is O=C(NC1C=CC2=C(C1)C(c1ccc(=O)[nH]c1)NN2)[C@@H]1CCN(CC(=O)N2CC=C(c3ccc(C4N=CNN4)cc3)CC2)C1. The van der Waals surface area contributed by atoms with Crippen molar-refractivity contribution < 1.29 is 9.59 Å². The topological polar surface area (TPSA) is 146 Å². The van der Waals surface area contributed by atoms with Crippen molar-refractivity contribution in [3.05, 3.63) is 99.1 Å². The number of allylic oxidation sites excluding steroid dienone is 1. The number of aromatic nitrogens is 1. The minimum absolute atomic E-state index is 0.0292. The van der Waals surface area contributed by atoms with Gasteiger partial charge in [-0.15, -0.1) is 0 Å². The molecular formula is C32H37N9O3. The van der Waals surface area contributed by atoms with Gasteiger partial charge in [0.15, 0.2) is 0 Å². The van der Waals surface area contributed by atoms with Crippen LogP contribution in [0.4, 0.5) is 0 Å². The summed E-state index contributed by atoms with van der Waals surface area (Å²) in [4.78, 5) is 48.9. The average molecular weight is 596 g/mol. The van der Waals surface area contributed by atoms with Crippen LogP contribution in [0.15, 0.2) is 81.9 Å². The summed E-state index contributed by atoms with van der Waals surface area (Å²) in [5.41, 5.74) is 19.0. The van der Waals surface area contributed by atoms with E-state index in [1.54, 1.807) is 12.5 Å². The van der Waals surface area contributed by atoms with Gasteiger partial charge in [-0.2, -0.15) is 0 Å². The number of likely N-dealkylation sites (tertiary alicyclic amines) is 1. The summed E-state index contributed by atoms with van der Waals surface area (Å²) in [6.07, 6.45) is 11.7. The van der Waals surface area contributed by atoms with Crippen molar-refractivity contribution in [3.8, 4) is 0 Å². The molecule has 1 aromatic carbocycles. The van der Waals surface area contributed by atoms with E-state index in [0.717, 1.165) is 41.8 Å². The highest BCUT2D eigenvalue weighted by Gasteiger charge is 2.34. The quantitative estimate of drug-likeness (QED) is 0.278. The molecule has 0 radical (unpaired) electrons. The highest BCUT2D eigenvalue weighted by molar-refractivity contribution is 5.82. The first-order valence-corrected chi connectivity index (χ1v) is 15.2. The zero-order valence-electron chi connectivity index (χ0n) is 24.4. The Bertz CT molecular complexity index is 1590. The number of benzene rings is 1. The van der Waals surface area contributed by atoms with Gasteiger partial charge in [-0.3, -0.25) is 19.3 Å². The number of amides is 2. The Morgan fingerprint density at radius 3 is 2.66 bits per heavy atom. The third kappa shape index (κ3) is 5.96. The third-order valence-corrected chi connectivity index (χ3v) is 9.12. The number of carbonyl (C=O) groups is 2. The van der Waals surface area contributed by atoms with Crippen molar-refractivity contribution in [2.75, 3.05) is 32.7 Å². The lowest BCUT2D eigenvalue weighted by atomic mass is 9.90. The molecule has 2 amide bonds. The van der Waals surface area contributed by atoms with Crippen LogP contribution in [-0.2, 0) is 9.59 Å². The Hall–Kier alpha value is -4.52. The van der Waals surface area contributed by atoms with Gasteiger partial charge in [0, 0.05) is 37.6 Å². The van der Waals surface area contributed by atoms with Crippen LogP contribution in [0.25, 0.3) is 5.57 Å². The molecule has 6 N–H and O–H groups in total. The number of H-pyrrole nitrogens is 1. The molecule has 1 aromatic heterocycles. The number of aromatic amines is 1. The first kappa shape index (κ1) is 28.3. The summed E-state index contributed by atoms with van der Waals surface area (Å²) < 4.78 is 0. The highest BCUT2D eigenvalue weighted by atomic mass is 16.2. The third-order valence-electron chi connectivity index (χ3n) is 9.12. The highest BCUT2D eigenvalue weighted by Crippen LogP contribution is 2.33. The molecule has 4 aliphatic heterocycles. The molecule has 4 atom stereocenters. The molecule has 0 saturated carbocycles. The summed E-state index contributed by atoms with van der Waals surface area (Å²) in [6, 6.07) is 11.6. The summed E-state index contributed by atoms with van der Waals surface area (Å²) in [6.45, 7) is 2.95. The second-order valence-electron chi connectivity index (χ2n) is 11.9. The van der Waals surface area contributed by atoms with Crippen molar-refractivity contribution in [1.82, 2.24) is 41.8 Å². The van der Waals surface area contributed by atoms with E-state index in [2.05, 4.69) is 72.2 Å². The first-order chi connectivity index (χ1) is 21.5. The van der Waals surface area contributed by atoms with Gasteiger partial charge in [0.1, 0.15) is 6.17 Å². The van der Waals surface area contributed by atoms with Crippen molar-refractivity contribution in [1.29, 1.82) is 0 Å². The van der Waals surface area contributed by atoms with Gasteiger partial charge in [0.25, 0.3) is 0 Å². The van der Waals surface area contributed by atoms with Gasteiger partial charge < -0.3 is 26.1 Å². The standard InChI is InChI=1S/C32H37N9O3/c42-28-8-5-23(16-33-28)30-26-15-25(6-7-27(26)37-38-30)36-32(44)24-9-12-40(17-24)18-29(43)41-13-10-21(11-14-41)20-1-3-22(4-2-20)31-34-19-35-39-31/h1-8,10,16,19,24-25,30-31,37-39H,9,11-15,17-18H2,(H,33,42)(H,34,35)(H,36,44)/t24-,25?,30?,31?/m1/s1. The van der Waals surface area contributed by atoms with Crippen molar-refractivity contribution >= 4 is 23.7 Å². The zero-order valence-corrected chi connectivity index (χ0v) is 24.4. The van der Waals surface area contributed by atoms with Crippen molar-refractivity contribution in [3.63, 3.8) is 0 Å². The fraction of sp³-hybridized carbons (Fsp3) is 0.375. The Morgan fingerprint density at radius 1 is 1.05 bits per heavy atom. The Morgan fingerprint density at radius 2 is 1.91 bits per heavy atom. The predicted molar refractivity (Wildman–Crippen MR) is 166 cm³/mol. The predicted octanol–water partition coefficient (Wildman–Crippen LogP) is 0.995. The van der Waals surface area contributed by atoms with E-state index in [-0.39, 0.29) is 41.5 Å². The van der Waals surface area contributed by atoms with E-state index in [1.165, 1.54) is 17.2 Å². The minimum Gasteiger partial charge on any atom is -0.349 e. The molecule has 1 aliphatic carbocycles. The van der Waals surface area contributed by atoms with E-state index in [0.29, 0.717) is 32.6 Å². The van der Waals surface area contributed by atoms with Gasteiger partial charge in [0.2, 0.25) is 17.4 Å². The second-order valence-corrected chi connectivity index (χ2v) is 11.9. The number of hydrogen-bond acceptors (Lipinski definition) is 9. The van der Waals surface area contributed by atoms with Crippen LogP contribution >= 0.6 is 0 Å². The zero-order chi connectivity index (χ0) is 30.0. The fourth-order valence-corrected chi connectivity index (χ4v) is 6.61. The summed E-state index contributed by atoms with van der Waals surface area (Å²) >= 11 is 0. The summed E-state index contributed by atoms with van der Waals surface area (Å²) in [7, 11) is 0. The maximum Gasteiger partial charge on any atom is 0.247 e. The lowest BCUT2D eigenvalue weighted by Crippen LogP contribution is -2.43. The smallest absolute Gasteiger partial charge is 0.247 e. The normalized spacial score (nSPS) is 26.3. The van der Waals surface area contributed by atoms with Crippen molar-refractivity contribution in [2.45, 2.75) is 37.5 Å². The molecule has 5 heterocycles. The first-order valence-electron chi connectivity index (χ1n) is 15.2. The van der Waals surface area contributed by atoms with E-state index >= 15 is 0 Å². The molecule has 44 heavy (non-hydrogen) atoms. The number of hydrazine groups is 2. The van der Waals surface area contributed by atoms with E-state index in [4.69, 9.17) is 0 Å². The number of carbonyl (C=O) groups excluding carboxylic acids is 2. The second kappa shape index (κ2) is 12.2. The van der Waals surface area contributed by atoms with Crippen LogP contribution in [0.2, 0.25) is 0 Å². The number of aliphatic imine (C=N–C) groups is 1. The number of rotatable bonds is 7. The molecule has 1 fully saturated rings. The number of hydrogen-bond donors (Lipinski definition) is 6. The van der Waals surface area contributed by atoms with Gasteiger partial charge in [-0.25, -0.2) is 15.8 Å². The van der Waals surface area contributed by atoms with Crippen LogP contribution < -0.4 is 32.6 Å². The molecule has 5 aliphatic rings. The molecule has 0 spiro atoms. The molecule has 3 unspecified atom stereocenters. The van der Waals surface area contributed by atoms with E-state index < -0.39 is 0 Å². The van der Waals surface area contributed by atoms with Crippen molar-refractivity contribution in [2.24, 2.45) is 10.9 Å². The number of pyridine rings is 1. The molecule has 1 saturated heterocycles. The molecule has 12 heteroatoms. The largest absolute Gasteiger partial charge is 0.349 e. The van der Waals surface area contributed by atoms with Crippen LogP contribution in [0, 0.1) is 5.92 Å². The summed E-state index contributed by atoms with van der Waals surface area (Å²) in [5.74, 6) is -0.00165. The fourth-order valence-electron chi connectivity index (χ4n) is 6.61. The lowest BCUT2D eigenvalue weighted by molar-refractivity contribution is -0.132. The Balaban J connectivity index is 0.875. The van der Waals surface area contributed by atoms with Crippen LogP contribution in [0.5, 0.6) is 0 Å². The monoisotopic (exact) mass is 595 g/mol. The van der Waals surface area contributed by atoms with E-state index in [1.807, 2.05) is 23.1 Å². The van der Waals surface area contributed by atoms with Crippen LogP contribution in [0.1, 0.15) is 48.2 Å². The summed E-state index contributed by atoms with van der Waals surface area (Å²) in [5, 5.41) is 3.22. The molecule has 7 rings (SSSR count). The van der Waals surface area contributed by atoms with Crippen LogP contribution in [-0.4, -0.2) is 71.7 Å². The maximum absolute atomic E-state index is 13.2. The van der Waals surface area contributed by atoms with Crippen LogP contribution in [0.3, 0.4) is 0 Å². The Labute approximate surface area is 255 Å².